The second-order valence-electron chi connectivity index (χ2n) is 6.39. The smallest absolute Gasteiger partial charge is 0.333 e. The van der Waals surface area contributed by atoms with Crippen molar-refractivity contribution in [3.63, 3.8) is 0 Å². The summed E-state index contributed by atoms with van der Waals surface area (Å²) in [5, 5.41) is 0. The van der Waals surface area contributed by atoms with Gasteiger partial charge in [0.15, 0.2) is 0 Å². The SMILES string of the molecule is C=C(C)C(=O)OC1(C)C(=C)CC2CC1C2(C)C. The standard InChI is InChI=1S/C15H22O2/c1-9(2)13(16)17-15(6)10(3)7-11-8-12(15)14(11,4)5/h11-12H,1,3,7-8H2,2,4-6H3. The average molecular weight is 234 g/mol. The summed E-state index contributed by atoms with van der Waals surface area (Å²) in [6, 6.07) is 0. The van der Waals surface area contributed by atoms with Gasteiger partial charge in [-0.15, -0.1) is 0 Å². The Balaban J connectivity index is 2.25. The molecule has 0 aliphatic heterocycles. The largest absolute Gasteiger partial charge is 0.451 e. The maximum Gasteiger partial charge on any atom is 0.333 e. The van der Waals surface area contributed by atoms with E-state index in [2.05, 4.69) is 27.0 Å². The number of carbonyl (C=O) groups excluding carboxylic acids is 1. The van der Waals surface area contributed by atoms with Crippen molar-refractivity contribution in [2.45, 2.75) is 46.1 Å². The predicted octanol–water partition coefficient (Wildman–Crippen LogP) is 3.49. The van der Waals surface area contributed by atoms with Crippen molar-refractivity contribution in [3.05, 3.63) is 24.3 Å². The van der Waals surface area contributed by atoms with Crippen LogP contribution in [0.2, 0.25) is 0 Å². The zero-order chi connectivity index (χ0) is 13.0. The normalized spacial score (nSPS) is 38.2. The molecule has 94 valence electrons. The highest BCUT2D eigenvalue weighted by atomic mass is 16.6. The first kappa shape index (κ1) is 12.4. The van der Waals surface area contributed by atoms with Crippen molar-refractivity contribution < 1.29 is 9.53 Å². The van der Waals surface area contributed by atoms with Crippen LogP contribution in [0.15, 0.2) is 24.3 Å². The van der Waals surface area contributed by atoms with Crippen LogP contribution in [0, 0.1) is 17.3 Å². The van der Waals surface area contributed by atoms with E-state index >= 15 is 0 Å². The zero-order valence-electron chi connectivity index (χ0n) is 11.3. The lowest BCUT2D eigenvalue weighted by Gasteiger charge is -2.64. The van der Waals surface area contributed by atoms with Gasteiger partial charge in [0.2, 0.25) is 0 Å². The van der Waals surface area contributed by atoms with Gasteiger partial charge in [-0.2, -0.15) is 0 Å². The Labute approximate surface area is 104 Å². The van der Waals surface area contributed by atoms with Crippen LogP contribution in [-0.4, -0.2) is 11.6 Å². The lowest BCUT2D eigenvalue weighted by molar-refractivity contribution is -0.193. The quantitative estimate of drug-likeness (QED) is 0.415. The number of hydrogen-bond acceptors (Lipinski definition) is 2. The highest BCUT2D eigenvalue weighted by Crippen LogP contribution is 2.65. The molecule has 2 bridgehead atoms. The van der Waals surface area contributed by atoms with E-state index in [0.717, 1.165) is 18.4 Å². The van der Waals surface area contributed by atoms with E-state index in [1.165, 1.54) is 0 Å². The summed E-state index contributed by atoms with van der Waals surface area (Å²) in [5.74, 6) is 0.802. The Morgan fingerprint density at radius 3 is 2.47 bits per heavy atom. The molecule has 3 unspecified atom stereocenters. The molecule has 2 nitrogen and oxygen atoms in total. The van der Waals surface area contributed by atoms with Gasteiger partial charge < -0.3 is 4.74 Å². The average Bonchev–Trinajstić information content (AvgIpc) is 2.21. The van der Waals surface area contributed by atoms with Crippen LogP contribution in [0.5, 0.6) is 0 Å². The summed E-state index contributed by atoms with van der Waals surface area (Å²) in [5.41, 5.74) is 1.27. The van der Waals surface area contributed by atoms with Gasteiger partial charge in [-0.05, 0) is 43.6 Å². The molecule has 0 aromatic heterocycles. The Bertz CT molecular complexity index is 405. The molecular formula is C15H22O2. The molecule has 0 N–H and O–H groups in total. The molecular weight excluding hydrogens is 212 g/mol. The molecule has 0 amide bonds. The maximum atomic E-state index is 11.8. The molecule has 3 saturated carbocycles. The summed E-state index contributed by atoms with van der Waals surface area (Å²) in [6.07, 6.45) is 2.12. The molecule has 3 atom stereocenters. The minimum absolute atomic E-state index is 0.255. The topological polar surface area (TPSA) is 26.3 Å². The van der Waals surface area contributed by atoms with Crippen LogP contribution in [0.1, 0.15) is 40.5 Å². The van der Waals surface area contributed by atoms with E-state index in [1.807, 2.05) is 6.92 Å². The van der Waals surface area contributed by atoms with Crippen molar-refractivity contribution in [1.82, 2.24) is 0 Å². The molecule has 0 radical (unpaired) electrons. The highest BCUT2D eigenvalue weighted by molar-refractivity contribution is 5.87. The van der Waals surface area contributed by atoms with Crippen molar-refractivity contribution in [3.8, 4) is 0 Å². The fourth-order valence-electron chi connectivity index (χ4n) is 3.47. The minimum atomic E-state index is -0.506. The van der Waals surface area contributed by atoms with E-state index in [1.54, 1.807) is 6.92 Å². The lowest BCUT2D eigenvalue weighted by Crippen LogP contribution is -2.62. The van der Waals surface area contributed by atoms with Gasteiger partial charge in [-0.3, -0.25) is 0 Å². The van der Waals surface area contributed by atoms with Crippen LogP contribution in [0.25, 0.3) is 0 Å². The first-order chi connectivity index (χ1) is 7.69. The van der Waals surface area contributed by atoms with Crippen LogP contribution in [0.4, 0.5) is 0 Å². The van der Waals surface area contributed by atoms with Crippen molar-refractivity contribution in [2.24, 2.45) is 17.3 Å². The minimum Gasteiger partial charge on any atom is -0.451 e. The van der Waals surface area contributed by atoms with Crippen LogP contribution < -0.4 is 0 Å². The van der Waals surface area contributed by atoms with E-state index in [-0.39, 0.29) is 11.4 Å². The van der Waals surface area contributed by atoms with Crippen LogP contribution in [0.3, 0.4) is 0 Å². The van der Waals surface area contributed by atoms with Crippen LogP contribution >= 0.6 is 0 Å². The summed E-state index contributed by atoms with van der Waals surface area (Å²) < 4.78 is 5.70. The van der Waals surface area contributed by atoms with Crippen molar-refractivity contribution in [2.75, 3.05) is 0 Å². The number of ether oxygens (including phenoxy) is 1. The number of carbonyl (C=O) groups is 1. The Hall–Kier alpha value is -1.05. The fraction of sp³-hybridized carbons (Fsp3) is 0.667. The second kappa shape index (κ2) is 3.47. The molecule has 2 heteroatoms. The van der Waals surface area contributed by atoms with Crippen molar-refractivity contribution in [1.29, 1.82) is 0 Å². The number of rotatable bonds is 2. The second-order valence-corrected chi connectivity index (χ2v) is 6.39. The maximum absolute atomic E-state index is 11.8. The molecule has 0 aromatic carbocycles. The van der Waals surface area contributed by atoms with Gasteiger partial charge in [-0.1, -0.05) is 27.0 Å². The van der Waals surface area contributed by atoms with Gasteiger partial charge in [0.25, 0.3) is 0 Å². The molecule has 3 aliphatic rings. The van der Waals surface area contributed by atoms with Crippen LogP contribution in [-0.2, 0) is 9.53 Å². The Morgan fingerprint density at radius 1 is 1.41 bits per heavy atom. The van der Waals surface area contributed by atoms with Crippen molar-refractivity contribution >= 4 is 5.97 Å². The van der Waals surface area contributed by atoms with E-state index in [9.17, 15) is 4.79 Å². The summed E-state index contributed by atoms with van der Waals surface area (Å²) in [6.45, 7) is 16.0. The van der Waals surface area contributed by atoms with Gasteiger partial charge >= 0.3 is 5.97 Å². The Morgan fingerprint density at radius 2 is 2.00 bits per heavy atom. The van der Waals surface area contributed by atoms with Gasteiger partial charge in [0, 0.05) is 11.5 Å². The predicted molar refractivity (Wildman–Crippen MR) is 68.4 cm³/mol. The van der Waals surface area contributed by atoms with E-state index < -0.39 is 5.60 Å². The molecule has 0 spiro atoms. The number of esters is 1. The monoisotopic (exact) mass is 234 g/mol. The van der Waals surface area contributed by atoms with E-state index in [0.29, 0.717) is 17.4 Å². The summed E-state index contributed by atoms with van der Waals surface area (Å²) in [7, 11) is 0. The van der Waals surface area contributed by atoms with Gasteiger partial charge in [0.1, 0.15) is 5.60 Å². The third-order valence-corrected chi connectivity index (χ3v) is 4.98. The molecule has 17 heavy (non-hydrogen) atoms. The van der Waals surface area contributed by atoms with Gasteiger partial charge in [0.05, 0.1) is 0 Å². The Kier molecular flexibility index (Phi) is 2.53. The fourth-order valence-corrected chi connectivity index (χ4v) is 3.47. The molecule has 0 heterocycles. The van der Waals surface area contributed by atoms with Gasteiger partial charge in [-0.25, -0.2) is 4.79 Å². The molecule has 3 fully saturated rings. The molecule has 3 rings (SSSR count). The number of hydrogen-bond donors (Lipinski definition) is 0. The number of fused-ring (bicyclic) bond motifs is 2. The molecule has 3 aliphatic carbocycles. The highest BCUT2D eigenvalue weighted by Gasteiger charge is 2.62. The first-order valence-electron chi connectivity index (χ1n) is 6.26. The summed E-state index contributed by atoms with van der Waals surface area (Å²) in [4.78, 5) is 11.8. The van der Waals surface area contributed by atoms with E-state index in [4.69, 9.17) is 4.74 Å². The molecule has 0 saturated heterocycles. The lowest BCUT2D eigenvalue weighted by atomic mass is 9.43. The summed E-state index contributed by atoms with van der Waals surface area (Å²) >= 11 is 0. The molecule has 0 aromatic rings. The first-order valence-corrected chi connectivity index (χ1v) is 6.26. The zero-order valence-corrected chi connectivity index (χ0v) is 11.3. The third-order valence-electron chi connectivity index (χ3n) is 4.98. The third kappa shape index (κ3) is 1.57.